The summed E-state index contributed by atoms with van der Waals surface area (Å²) in [5.41, 5.74) is 2.15. The van der Waals surface area contributed by atoms with Crippen LogP contribution in [0.3, 0.4) is 0 Å². The number of nitro benzene ring substituents is 1. The number of halogens is 1. The zero-order valence-corrected chi connectivity index (χ0v) is 15.8. The van der Waals surface area contributed by atoms with Gasteiger partial charge in [0.05, 0.1) is 17.7 Å². The molecule has 30 heavy (non-hydrogen) atoms. The van der Waals surface area contributed by atoms with E-state index >= 15 is 0 Å². The molecule has 7 nitrogen and oxygen atoms in total. The predicted octanol–water partition coefficient (Wildman–Crippen LogP) is 4.65. The molecule has 0 bridgehead atoms. The highest BCUT2D eigenvalue weighted by molar-refractivity contribution is 5.87. The molecule has 0 fully saturated rings. The molecule has 2 aromatic carbocycles. The molecule has 0 aliphatic heterocycles. The van der Waals surface area contributed by atoms with Crippen molar-refractivity contribution in [1.82, 2.24) is 10.3 Å². The van der Waals surface area contributed by atoms with Crippen molar-refractivity contribution in [3.8, 4) is 0 Å². The minimum absolute atomic E-state index is 0.0384. The van der Waals surface area contributed by atoms with Crippen LogP contribution in [-0.4, -0.2) is 15.8 Å². The molecule has 4 rings (SSSR count). The van der Waals surface area contributed by atoms with E-state index in [0.717, 1.165) is 16.6 Å². The summed E-state index contributed by atoms with van der Waals surface area (Å²) < 4.78 is 18.7. The quantitative estimate of drug-likeness (QED) is 0.344. The maximum absolute atomic E-state index is 13.5. The van der Waals surface area contributed by atoms with Gasteiger partial charge in [-0.05, 0) is 41.5 Å². The van der Waals surface area contributed by atoms with Crippen LogP contribution in [0, 0.1) is 15.9 Å². The molecular formula is C22H18FN3O4. The molecule has 0 saturated carbocycles. The van der Waals surface area contributed by atoms with Gasteiger partial charge in [0.2, 0.25) is 5.91 Å². The number of hydrogen-bond acceptors (Lipinski definition) is 4. The van der Waals surface area contributed by atoms with Crippen LogP contribution in [0.1, 0.15) is 29.2 Å². The van der Waals surface area contributed by atoms with Crippen LogP contribution in [-0.2, 0) is 11.3 Å². The fourth-order valence-corrected chi connectivity index (χ4v) is 3.49. The molecule has 152 valence electrons. The van der Waals surface area contributed by atoms with Crippen LogP contribution >= 0.6 is 0 Å². The van der Waals surface area contributed by atoms with Gasteiger partial charge < -0.3 is 14.7 Å². The van der Waals surface area contributed by atoms with Crippen LogP contribution in [0.15, 0.2) is 71.5 Å². The number of aromatic amines is 1. The average Bonchev–Trinajstić information content (AvgIpc) is 3.40. The van der Waals surface area contributed by atoms with Gasteiger partial charge in [-0.2, -0.15) is 0 Å². The summed E-state index contributed by atoms with van der Waals surface area (Å²) in [7, 11) is 0. The molecule has 1 atom stereocenters. The van der Waals surface area contributed by atoms with E-state index in [1.807, 2.05) is 0 Å². The summed E-state index contributed by atoms with van der Waals surface area (Å²) >= 11 is 0. The summed E-state index contributed by atoms with van der Waals surface area (Å²) in [5, 5.41) is 14.7. The molecule has 1 amide bonds. The SMILES string of the molecule is O=C(CC(c1ccc(F)cc1)c1c[nH]c2ccc([N+](=O)[O-])cc12)NCc1ccco1. The molecule has 0 aliphatic carbocycles. The predicted molar refractivity (Wildman–Crippen MR) is 108 cm³/mol. The minimum atomic E-state index is -0.459. The lowest BCUT2D eigenvalue weighted by molar-refractivity contribution is -0.384. The number of non-ortho nitro benzene ring substituents is 1. The third-order valence-corrected chi connectivity index (χ3v) is 4.99. The Kier molecular flexibility index (Phi) is 5.30. The lowest BCUT2D eigenvalue weighted by Crippen LogP contribution is -2.24. The average molecular weight is 407 g/mol. The van der Waals surface area contributed by atoms with Gasteiger partial charge in [-0.3, -0.25) is 14.9 Å². The zero-order chi connectivity index (χ0) is 21.1. The molecule has 0 spiro atoms. The van der Waals surface area contributed by atoms with E-state index in [1.54, 1.807) is 36.5 Å². The first-order valence-electron chi connectivity index (χ1n) is 9.31. The van der Waals surface area contributed by atoms with Crippen molar-refractivity contribution in [2.24, 2.45) is 0 Å². The Balaban J connectivity index is 1.67. The number of furan rings is 1. The van der Waals surface area contributed by atoms with E-state index < -0.39 is 10.8 Å². The first-order valence-corrected chi connectivity index (χ1v) is 9.31. The highest BCUT2D eigenvalue weighted by Crippen LogP contribution is 2.35. The van der Waals surface area contributed by atoms with Gasteiger partial charge >= 0.3 is 0 Å². The Morgan fingerprint density at radius 3 is 2.70 bits per heavy atom. The molecule has 0 saturated heterocycles. The van der Waals surface area contributed by atoms with Crippen molar-refractivity contribution in [2.45, 2.75) is 18.9 Å². The molecule has 0 aliphatic rings. The Morgan fingerprint density at radius 2 is 2.00 bits per heavy atom. The third-order valence-electron chi connectivity index (χ3n) is 4.99. The fourth-order valence-electron chi connectivity index (χ4n) is 3.49. The second-order valence-electron chi connectivity index (χ2n) is 6.90. The van der Waals surface area contributed by atoms with E-state index in [0.29, 0.717) is 11.1 Å². The number of nitro groups is 1. The number of hydrogen-bond donors (Lipinski definition) is 2. The van der Waals surface area contributed by atoms with Crippen LogP contribution in [0.2, 0.25) is 0 Å². The maximum atomic E-state index is 13.5. The van der Waals surface area contributed by atoms with E-state index in [4.69, 9.17) is 4.42 Å². The van der Waals surface area contributed by atoms with Gasteiger partial charge in [0.1, 0.15) is 11.6 Å². The smallest absolute Gasteiger partial charge is 0.270 e. The Labute approximate surface area is 170 Å². The largest absolute Gasteiger partial charge is 0.467 e. The molecule has 0 radical (unpaired) electrons. The first-order chi connectivity index (χ1) is 14.5. The van der Waals surface area contributed by atoms with Crippen LogP contribution in [0.5, 0.6) is 0 Å². The summed E-state index contributed by atoms with van der Waals surface area (Å²) in [6, 6.07) is 13.9. The number of aromatic nitrogens is 1. The number of amides is 1. The molecule has 1 unspecified atom stereocenters. The molecule has 2 aromatic heterocycles. The number of rotatable bonds is 7. The summed E-state index contributed by atoms with van der Waals surface area (Å²) in [6.45, 7) is 0.251. The van der Waals surface area contributed by atoms with Gasteiger partial charge in [0.15, 0.2) is 0 Å². The molecule has 2 heterocycles. The van der Waals surface area contributed by atoms with Gasteiger partial charge in [0.25, 0.3) is 5.69 Å². The van der Waals surface area contributed by atoms with Crippen molar-refractivity contribution in [3.63, 3.8) is 0 Å². The number of carbonyl (C=O) groups excluding carboxylic acids is 1. The number of carbonyl (C=O) groups is 1. The summed E-state index contributed by atoms with van der Waals surface area (Å²) in [5.74, 6) is -0.391. The molecule has 4 aromatic rings. The summed E-state index contributed by atoms with van der Waals surface area (Å²) in [6.07, 6.45) is 3.35. The van der Waals surface area contributed by atoms with Gasteiger partial charge in [-0.1, -0.05) is 12.1 Å². The number of benzene rings is 2. The molecule has 2 N–H and O–H groups in total. The van der Waals surface area contributed by atoms with Crippen molar-refractivity contribution in [1.29, 1.82) is 0 Å². The molecule has 8 heteroatoms. The second-order valence-corrected chi connectivity index (χ2v) is 6.90. The number of H-pyrrole nitrogens is 1. The minimum Gasteiger partial charge on any atom is -0.467 e. The van der Waals surface area contributed by atoms with Gasteiger partial charge in [-0.25, -0.2) is 4.39 Å². The Hall–Kier alpha value is -3.94. The maximum Gasteiger partial charge on any atom is 0.270 e. The lowest BCUT2D eigenvalue weighted by atomic mass is 9.88. The van der Waals surface area contributed by atoms with E-state index in [-0.39, 0.29) is 30.4 Å². The molecular weight excluding hydrogens is 389 g/mol. The standard InChI is InChI=1S/C22H18FN3O4/c23-15-5-3-14(4-6-15)18(11-22(27)25-12-17-2-1-9-30-17)20-13-24-21-8-7-16(26(28)29)10-19(20)21/h1-10,13,18,24H,11-12H2,(H,25,27). The zero-order valence-electron chi connectivity index (χ0n) is 15.8. The van der Waals surface area contributed by atoms with Crippen molar-refractivity contribution < 1.29 is 18.5 Å². The normalized spacial score (nSPS) is 12.0. The lowest BCUT2D eigenvalue weighted by Gasteiger charge is -2.17. The third kappa shape index (κ3) is 4.07. The van der Waals surface area contributed by atoms with Gasteiger partial charge in [-0.15, -0.1) is 0 Å². The number of fused-ring (bicyclic) bond motifs is 1. The topological polar surface area (TPSA) is 101 Å². The number of nitrogens with zero attached hydrogens (tertiary/aromatic N) is 1. The summed E-state index contributed by atoms with van der Waals surface area (Å²) in [4.78, 5) is 26.5. The second kappa shape index (κ2) is 8.20. The highest BCUT2D eigenvalue weighted by Gasteiger charge is 2.23. The van der Waals surface area contributed by atoms with Crippen LogP contribution in [0.25, 0.3) is 10.9 Å². The Bertz CT molecular complexity index is 1180. The van der Waals surface area contributed by atoms with Crippen molar-refractivity contribution in [3.05, 3.63) is 99.9 Å². The van der Waals surface area contributed by atoms with Crippen molar-refractivity contribution in [2.75, 3.05) is 0 Å². The van der Waals surface area contributed by atoms with Crippen LogP contribution in [0.4, 0.5) is 10.1 Å². The monoisotopic (exact) mass is 407 g/mol. The highest BCUT2D eigenvalue weighted by atomic mass is 19.1. The van der Waals surface area contributed by atoms with Gasteiger partial charge in [0, 0.05) is 41.6 Å². The van der Waals surface area contributed by atoms with E-state index in [1.165, 1.54) is 30.5 Å². The van der Waals surface area contributed by atoms with Crippen molar-refractivity contribution >= 4 is 22.5 Å². The Morgan fingerprint density at radius 1 is 1.20 bits per heavy atom. The van der Waals surface area contributed by atoms with E-state index in [2.05, 4.69) is 10.3 Å². The fraction of sp³-hybridized carbons (Fsp3) is 0.136. The van der Waals surface area contributed by atoms with Crippen LogP contribution < -0.4 is 5.32 Å². The van der Waals surface area contributed by atoms with E-state index in [9.17, 15) is 19.3 Å². The first kappa shape index (κ1) is 19.4. The number of nitrogens with one attached hydrogen (secondary N) is 2.